The van der Waals surface area contributed by atoms with E-state index in [1.165, 1.54) is 21.4 Å². The lowest BCUT2D eigenvalue weighted by Gasteiger charge is -2.10. The van der Waals surface area contributed by atoms with Gasteiger partial charge in [-0.05, 0) is 39.5 Å². The molecule has 0 fully saturated rings. The van der Waals surface area contributed by atoms with Crippen LogP contribution in [0.4, 0.5) is 5.69 Å². The Hall–Kier alpha value is -1.66. The van der Waals surface area contributed by atoms with Gasteiger partial charge in [0.1, 0.15) is 4.47 Å². The molecule has 0 radical (unpaired) electrons. The molecule has 1 aromatic carbocycles. The van der Waals surface area contributed by atoms with Crippen molar-refractivity contribution in [1.29, 1.82) is 0 Å². The Kier molecular flexibility index (Phi) is 4.07. The molecule has 0 saturated carbocycles. The maximum Gasteiger partial charge on any atom is 0.283 e. The molecular weight excluding hydrogens is 332 g/mol. The van der Waals surface area contributed by atoms with Gasteiger partial charge in [0.2, 0.25) is 0 Å². The summed E-state index contributed by atoms with van der Waals surface area (Å²) in [5, 5.41) is 10.7. The number of fused-ring (bicyclic) bond motifs is 1. The van der Waals surface area contributed by atoms with Crippen molar-refractivity contribution >= 4 is 21.6 Å². The number of anilines is 1. The molecule has 0 unspecified atom stereocenters. The fourth-order valence-electron chi connectivity index (χ4n) is 2.47. The van der Waals surface area contributed by atoms with E-state index in [9.17, 15) is 4.79 Å². The molecule has 1 aliphatic rings. The maximum absolute atomic E-state index is 12.0. The van der Waals surface area contributed by atoms with Crippen LogP contribution >= 0.6 is 15.9 Å². The highest BCUT2D eigenvalue weighted by molar-refractivity contribution is 9.10. The van der Waals surface area contributed by atoms with Crippen molar-refractivity contribution in [2.45, 2.75) is 33.1 Å². The van der Waals surface area contributed by atoms with Gasteiger partial charge in [0.15, 0.2) is 0 Å². The van der Waals surface area contributed by atoms with Crippen LogP contribution in [0.1, 0.15) is 23.6 Å². The van der Waals surface area contributed by atoms with E-state index in [1.54, 1.807) is 6.20 Å². The largest absolute Gasteiger partial charge is 0.379 e. The zero-order valence-corrected chi connectivity index (χ0v) is 13.4. The molecule has 0 bridgehead atoms. The fraction of sp³-hybridized carbons (Fsp3) is 0.333. The number of hydrogen-bond acceptors (Lipinski definition) is 4. The predicted octanol–water partition coefficient (Wildman–Crippen LogP) is 2.24. The van der Waals surface area contributed by atoms with E-state index in [2.05, 4.69) is 49.9 Å². The molecule has 5 nitrogen and oxygen atoms in total. The average Bonchev–Trinajstić information content (AvgIpc) is 2.96. The topological polar surface area (TPSA) is 59.0 Å². The second-order valence-electron chi connectivity index (χ2n) is 5.05. The molecule has 0 amide bonds. The van der Waals surface area contributed by atoms with Gasteiger partial charge in [-0.1, -0.05) is 18.2 Å². The number of aryl methyl sites for hydroxylation is 1. The van der Waals surface area contributed by atoms with Crippen LogP contribution in [-0.4, -0.2) is 9.78 Å². The summed E-state index contributed by atoms with van der Waals surface area (Å²) in [7, 11) is 0. The number of halogens is 1. The average molecular weight is 349 g/mol. The minimum Gasteiger partial charge on any atom is -0.379 e. The molecule has 1 aliphatic heterocycles. The lowest BCUT2D eigenvalue weighted by molar-refractivity contribution is 0.613. The van der Waals surface area contributed by atoms with Crippen molar-refractivity contribution in [3.05, 3.63) is 55.9 Å². The Morgan fingerprint density at radius 2 is 2.19 bits per heavy atom. The Balaban J connectivity index is 1.76. The van der Waals surface area contributed by atoms with Crippen molar-refractivity contribution < 1.29 is 0 Å². The summed E-state index contributed by atoms with van der Waals surface area (Å²) in [5.41, 5.74) is 4.54. The molecule has 0 spiro atoms. The number of nitrogens with one attached hydrogen (secondary N) is 2. The van der Waals surface area contributed by atoms with Crippen LogP contribution in [0.3, 0.4) is 0 Å². The quantitative estimate of drug-likeness (QED) is 0.889. The van der Waals surface area contributed by atoms with Gasteiger partial charge in [-0.3, -0.25) is 4.79 Å². The first-order valence-electron chi connectivity index (χ1n) is 7.00. The highest BCUT2D eigenvalue weighted by Gasteiger charge is 2.11. The third-order valence-corrected chi connectivity index (χ3v) is 4.44. The van der Waals surface area contributed by atoms with Crippen molar-refractivity contribution in [2.75, 3.05) is 5.32 Å². The molecule has 1 aromatic heterocycles. The Morgan fingerprint density at radius 3 is 3.00 bits per heavy atom. The molecule has 0 atom stereocenters. The maximum atomic E-state index is 12.0. The summed E-state index contributed by atoms with van der Waals surface area (Å²) in [6, 6.07) is 6.49. The SMILES string of the molecule is CCn1ncc(NCc2ccc3c(c2)CNC3)c(Br)c1=O. The lowest BCUT2D eigenvalue weighted by atomic mass is 10.1. The lowest BCUT2D eigenvalue weighted by Crippen LogP contribution is -2.23. The zero-order chi connectivity index (χ0) is 14.8. The predicted molar refractivity (Wildman–Crippen MR) is 86.2 cm³/mol. The highest BCUT2D eigenvalue weighted by Crippen LogP contribution is 2.20. The molecule has 2 heterocycles. The molecule has 0 aliphatic carbocycles. The van der Waals surface area contributed by atoms with Gasteiger partial charge in [-0.15, -0.1) is 0 Å². The van der Waals surface area contributed by atoms with Crippen molar-refractivity contribution in [3.63, 3.8) is 0 Å². The summed E-state index contributed by atoms with van der Waals surface area (Å²) < 4.78 is 1.96. The number of hydrogen-bond donors (Lipinski definition) is 2. The van der Waals surface area contributed by atoms with Crippen LogP contribution < -0.4 is 16.2 Å². The minimum absolute atomic E-state index is 0.111. The molecule has 21 heavy (non-hydrogen) atoms. The van der Waals surface area contributed by atoms with Crippen LogP contribution in [0.5, 0.6) is 0 Å². The minimum atomic E-state index is -0.111. The molecule has 2 N–H and O–H groups in total. The van der Waals surface area contributed by atoms with Gasteiger partial charge >= 0.3 is 0 Å². The smallest absolute Gasteiger partial charge is 0.283 e. The van der Waals surface area contributed by atoms with E-state index in [0.29, 0.717) is 17.6 Å². The van der Waals surface area contributed by atoms with Crippen LogP contribution in [0, 0.1) is 0 Å². The first kappa shape index (κ1) is 14.3. The second kappa shape index (κ2) is 5.99. The van der Waals surface area contributed by atoms with Gasteiger partial charge in [-0.2, -0.15) is 5.10 Å². The molecule has 3 rings (SSSR count). The Morgan fingerprint density at radius 1 is 1.38 bits per heavy atom. The third kappa shape index (κ3) is 2.87. The molecule has 0 saturated heterocycles. The zero-order valence-electron chi connectivity index (χ0n) is 11.8. The van der Waals surface area contributed by atoms with Gasteiger partial charge < -0.3 is 10.6 Å². The molecule has 6 heteroatoms. The molecule has 2 aromatic rings. The first-order valence-corrected chi connectivity index (χ1v) is 7.79. The first-order chi connectivity index (χ1) is 10.2. The second-order valence-corrected chi connectivity index (χ2v) is 5.85. The summed E-state index contributed by atoms with van der Waals surface area (Å²) in [4.78, 5) is 12.0. The van der Waals surface area contributed by atoms with Gasteiger partial charge in [-0.25, -0.2) is 4.68 Å². The fourth-order valence-corrected chi connectivity index (χ4v) is 2.92. The normalized spacial score (nSPS) is 13.2. The summed E-state index contributed by atoms with van der Waals surface area (Å²) in [6.45, 7) is 5.01. The highest BCUT2D eigenvalue weighted by atomic mass is 79.9. The number of rotatable bonds is 4. The molecule has 110 valence electrons. The van der Waals surface area contributed by atoms with Crippen molar-refractivity contribution in [1.82, 2.24) is 15.1 Å². The van der Waals surface area contributed by atoms with E-state index in [4.69, 9.17) is 0 Å². The number of aromatic nitrogens is 2. The number of nitrogens with zero attached hydrogens (tertiary/aromatic N) is 2. The summed E-state index contributed by atoms with van der Waals surface area (Å²) in [6.07, 6.45) is 1.68. The van der Waals surface area contributed by atoms with Crippen LogP contribution in [-0.2, 0) is 26.2 Å². The third-order valence-electron chi connectivity index (χ3n) is 3.67. The Labute approximate surface area is 131 Å². The number of benzene rings is 1. The van der Waals surface area contributed by atoms with Crippen LogP contribution in [0.15, 0.2) is 33.7 Å². The van der Waals surface area contributed by atoms with Gasteiger partial charge in [0, 0.05) is 26.2 Å². The van der Waals surface area contributed by atoms with E-state index in [0.717, 1.165) is 18.8 Å². The van der Waals surface area contributed by atoms with E-state index < -0.39 is 0 Å². The standard InChI is InChI=1S/C15H17BrN4O/c1-2-20-15(21)14(16)13(9-19-20)18-6-10-3-4-11-7-17-8-12(11)5-10/h3-5,9,17-18H,2,6-8H2,1H3. The van der Waals surface area contributed by atoms with Crippen molar-refractivity contribution in [2.24, 2.45) is 0 Å². The van der Waals surface area contributed by atoms with Crippen molar-refractivity contribution in [3.8, 4) is 0 Å². The van der Waals surface area contributed by atoms with Gasteiger partial charge in [0.05, 0.1) is 11.9 Å². The van der Waals surface area contributed by atoms with Gasteiger partial charge in [0.25, 0.3) is 5.56 Å². The van der Waals surface area contributed by atoms with E-state index in [-0.39, 0.29) is 5.56 Å². The monoisotopic (exact) mass is 348 g/mol. The summed E-state index contributed by atoms with van der Waals surface area (Å²) >= 11 is 3.35. The Bertz CT molecular complexity index is 726. The van der Waals surface area contributed by atoms with E-state index in [1.807, 2.05) is 6.92 Å². The summed E-state index contributed by atoms with van der Waals surface area (Å²) in [5.74, 6) is 0. The van der Waals surface area contributed by atoms with E-state index >= 15 is 0 Å². The van der Waals surface area contributed by atoms with Crippen LogP contribution in [0.2, 0.25) is 0 Å². The van der Waals surface area contributed by atoms with Crippen LogP contribution in [0.25, 0.3) is 0 Å². The molecular formula is C15H17BrN4O.